The second-order valence-electron chi connectivity index (χ2n) is 5.30. The van der Waals surface area contributed by atoms with Crippen molar-refractivity contribution in [3.05, 3.63) is 70.3 Å². The smallest absolute Gasteiger partial charge is 0.234 e. The summed E-state index contributed by atoms with van der Waals surface area (Å²) >= 11 is 5.80. The minimum absolute atomic E-state index is 0.123. The summed E-state index contributed by atoms with van der Waals surface area (Å²) in [6, 6.07) is 14.6. The zero-order chi connectivity index (χ0) is 17.2. The molecule has 0 amide bonds. The second-order valence-corrected chi connectivity index (χ2v) is 7.38. The number of benzene rings is 2. The van der Waals surface area contributed by atoms with Gasteiger partial charge in [-0.3, -0.25) is 0 Å². The zero-order valence-electron chi connectivity index (χ0n) is 13.0. The lowest BCUT2D eigenvalue weighted by Crippen LogP contribution is -2.22. The van der Waals surface area contributed by atoms with Gasteiger partial charge in [0.2, 0.25) is 10.0 Å². The number of nitrogens with one attached hydrogen (secondary N) is 1. The molecule has 0 fully saturated rings. The van der Waals surface area contributed by atoms with Gasteiger partial charge < -0.3 is 4.57 Å². The number of nitrogens with zero attached hydrogens (tertiary/aromatic N) is 2. The molecular weight excluding hydrogens is 346 g/mol. The summed E-state index contributed by atoms with van der Waals surface area (Å²) in [5.41, 5.74) is 2.56. The molecule has 2 aromatic carbocycles. The highest BCUT2D eigenvalue weighted by Gasteiger charge is 2.10. The van der Waals surface area contributed by atoms with Crippen LogP contribution < -0.4 is 4.72 Å². The van der Waals surface area contributed by atoms with Crippen LogP contribution in [-0.4, -0.2) is 18.0 Å². The Bertz CT molecular complexity index is 992. The van der Waals surface area contributed by atoms with Crippen LogP contribution in [0.5, 0.6) is 0 Å². The van der Waals surface area contributed by atoms with Crippen molar-refractivity contribution in [3.8, 4) is 0 Å². The first-order valence-corrected chi connectivity index (χ1v) is 9.21. The Morgan fingerprint density at radius 1 is 1.17 bits per heavy atom. The minimum atomic E-state index is -3.56. The first-order valence-electron chi connectivity index (χ1n) is 7.28. The number of halogens is 1. The maximum atomic E-state index is 12.1. The number of rotatable bonds is 5. The van der Waals surface area contributed by atoms with E-state index in [-0.39, 0.29) is 6.54 Å². The van der Waals surface area contributed by atoms with Crippen molar-refractivity contribution >= 4 is 38.7 Å². The number of fused-ring (bicyclic) bond motifs is 1. The molecule has 0 spiro atoms. The van der Waals surface area contributed by atoms with Crippen LogP contribution in [0.1, 0.15) is 11.4 Å². The first kappa shape index (κ1) is 16.7. The number of imidazole rings is 1. The van der Waals surface area contributed by atoms with Crippen molar-refractivity contribution in [3.63, 3.8) is 0 Å². The third-order valence-corrected chi connectivity index (χ3v) is 4.91. The Kier molecular flexibility index (Phi) is 4.71. The largest absolute Gasteiger partial charge is 0.330 e. The summed E-state index contributed by atoms with van der Waals surface area (Å²) in [4.78, 5) is 4.44. The summed E-state index contributed by atoms with van der Waals surface area (Å²) in [5.74, 6) is 0.652. The number of hydrogen-bond acceptors (Lipinski definition) is 3. The van der Waals surface area contributed by atoms with E-state index < -0.39 is 10.0 Å². The highest BCUT2D eigenvalue weighted by Crippen LogP contribution is 2.14. The van der Waals surface area contributed by atoms with E-state index in [9.17, 15) is 8.42 Å². The first-order chi connectivity index (χ1) is 11.4. The molecule has 1 N–H and O–H groups in total. The summed E-state index contributed by atoms with van der Waals surface area (Å²) in [6.45, 7) is 0.123. The van der Waals surface area contributed by atoms with Crippen LogP contribution in [0.25, 0.3) is 17.1 Å². The lowest BCUT2D eigenvalue weighted by molar-refractivity contribution is 0.587. The molecule has 5 nitrogen and oxygen atoms in total. The lowest BCUT2D eigenvalue weighted by atomic mass is 10.2. The van der Waals surface area contributed by atoms with E-state index in [0.29, 0.717) is 10.8 Å². The normalized spacial score (nSPS) is 12.2. The predicted molar refractivity (Wildman–Crippen MR) is 97.0 cm³/mol. The lowest BCUT2D eigenvalue weighted by Gasteiger charge is -2.04. The Labute approximate surface area is 145 Å². The van der Waals surface area contributed by atoms with E-state index in [1.165, 1.54) is 6.08 Å². The fourth-order valence-corrected chi connectivity index (χ4v) is 3.20. The third-order valence-electron chi connectivity index (χ3n) is 3.62. The maximum absolute atomic E-state index is 12.1. The highest BCUT2D eigenvalue weighted by atomic mass is 35.5. The third kappa shape index (κ3) is 3.84. The number of hydrogen-bond donors (Lipinski definition) is 1. The van der Waals surface area contributed by atoms with Gasteiger partial charge in [-0.25, -0.2) is 18.1 Å². The van der Waals surface area contributed by atoms with Gasteiger partial charge in [0.05, 0.1) is 17.6 Å². The van der Waals surface area contributed by atoms with Gasteiger partial charge in [0.1, 0.15) is 5.82 Å². The summed E-state index contributed by atoms with van der Waals surface area (Å²) in [5, 5.41) is 1.74. The number of sulfonamides is 1. The molecule has 3 rings (SSSR count). The van der Waals surface area contributed by atoms with Crippen molar-refractivity contribution in [1.29, 1.82) is 0 Å². The topological polar surface area (TPSA) is 64.0 Å². The SMILES string of the molecule is Cn1c(CNS(=O)(=O)/C=C/c2ccc(Cl)cc2)nc2ccccc21. The minimum Gasteiger partial charge on any atom is -0.330 e. The molecule has 0 saturated carbocycles. The average Bonchev–Trinajstić information content (AvgIpc) is 2.89. The summed E-state index contributed by atoms with van der Waals surface area (Å²) in [6.07, 6.45) is 1.52. The summed E-state index contributed by atoms with van der Waals surface area (Å²) in [7, 11) is -1.70. The Morgan fingerprint density at radius 3 is 2.58 bits per heavy atom. The Hall–Kier alpha value is -2.15. The molecule has 0 unspecified atom stereocenters. The fraction of sp³-hybridized carbons (Fsp3) is 0.118. The van der Waals surface area contributed by atoms with E-state index >= 15 is 0 Å². The van der Waals surface area contributed by atoms with Crippen molar-refractivity contribution in [2.75, 3.05) is 0 Å². The zero-order valence-corrected chi connectivity index (χ0v) is 14.6. The van der Waals surface area contributed by atoms with E-state index in [4.69, 9.17) is 11.6 Å². The number of aryl methyl sites for hydroxylation is 1. The molecule has 0 aliphatic rings. The van der Waals surface area contributed by atoms with Crippen LogP contribution in [0.15, 0.2) is 53.9 Å². The van der Waals surface area contributed by atoms with E-state index in [0.717, 1.165) is 22.0 Å². The van der Waals surface area contributed by atoms with Crippen LogP contribution in [-0.2, 0) is 23.6 Å². The van der Waals surface area contributed by atoms with E-state index in [1.807, 2.05) is 35.9 Å². The van der Waals surface area contributed by atoms with Gasteiger partial charge in [-0.2, -0.15) is 0 Å². The van der Waals surface area contributed by atoms with E-state index in [2.05, 4.69) is 9.71 Å². The monoisotopic (exact) mass is 361 g/mol. The molecule has 0 bridgehead atoms. The molecule has 0 saturated heterocycles. The van der Waals surface area contributed by atoms with Gasteiger partial charge in [0, 0.05) is 17.5 Å². The van der Waals surface area contributed by atoms with Gasteiger partial charge in [-0.05, 0) is 35.9 Å². The second kappa shape index (κ2) is 6.76. The van der Waals surface area contributed by atoms with Gasteiger partial charge in [-0.15, -0.1) is 0 Å². The molecule has 0 radical (unpaired) electrons. The van der Waals surface area contributed by atoms with Crippen molar-refractivity contribution in [2.45, 2.75) is 6.54 Å². The van der Waals surface area contributed by atoms with Crippen LogP contribution in [0.3, 0.4) is 0 Å². The van der Waals surface area contributed by atoms with Gasteiger partial charge in [-0.1, -0.05) is 35.9 Å². The van der Waals surface area contributed by atoms with Crippen LogP contribution in [0, 0.1) is 0 Å². The molecule has 124 valence electrons. The van der Waals surface area contributed by atoms with Crippen LogP contribution in [0.4, 0.5) is 0 Å². The van der Waals surface area contributed by atoms with Crippen molar-refractivity contribution in [1.82, 2.24) is 14.3 Å². The van der Waals surface area contributed by atoms with Crippen LogP contribution >= 0.6 is 11.6 Å². The average molecular weight is 362 g/mol. The molecule has 0 aliphatic heterocycles. The number of aromatic nitrogens is 2. The van der Waals surface area contributed by atoms with Crippen molar-refractivity contribution in [2.24, 2.45) is 7.05 Å². The molecule has 3 aromatic rings. The van der Waals surface area contributed by atoms with Crippen molar-refractivity contribution < 1.29 is 8.42 Å². The van der Waals surface area contributed by atoms with Gasteiger partial charge >= 0.3 is 0 Å². The molecule has 1 heterocycles. The summed E-state index contributed by atoms with van der Waals surface area (Å²) < 4.78 is 28.6. The molecule has 7 heteroatoms. The quantitative estimate of drug-likeness (QED) is 0.758. The number of para-hydroxylation sites is 2. The Morgan fingerprint density at radius 2 is 1.88 bits per heavy atom. The van der Waals surface area contributed by atoms with E-state index in [1.54, 1.807) is 24.3 Å². The molecule has 1 aromatic heterocycles. The highest BCUT2D eigenvalue weighted by molar-refractivity contribution is 7.92. The maximum Gasteiger partial charge on any atom is 0.234 e. The molecule has 24 heavy (non-hydrogen) atoms. The molecule has 0 atom stereocenters. The Balaban J connectivity index is 1.72. The van der Waals surface area contributed by atoms with Gasteiger partial charge in [0.15, 0.2) is 0 Å². The standard InChI is InChI=1S/C17H16ClN3O2S/c1-21-16-5-3-2-4-15(16)20-17(21)12-19-24(22,23)11-10-13-6-8-14(18)9-7-13/h2-11,19H,12H2,1H3/b11-10+. The molecular formula is C17H16ClN3O2S. The molecule has 0 aliphatic carbocycles. The van der Waals surface area contributed by atoms with Crippen LogP contribution in [0.2, 0.25) is 5.02 Å². The van der Waals surface area contributed by atoms with Gasteiger partial charge in [0.25, 0.3) is 0 Å². The predicted octanol–water partition coefficient (Wildman–Crippen LogP) is 3.32. The fourth-order valence-electron chi connectivity index (χ4n) is 2.31.